The molecule has 58 heavy (non-hydrogen) atoms. The predicted molar refractivity (Wildman–Crippen MR) is 183 cm³/mol. The quantitative estimate of drug-likeness (QED) is 0.166. The van der Waals surface area contributed by atoms with Crippen LogP contribution in [0.3, 0.4) is 0 Å². The highest BCUT2D eigenvalue weighted by Crippen LogP contribution is 2.57. The van der Waals surface area contributed by atoms with E-state index in [0.29, 0.717) is 46.2 Å². The van der Waals surface area contributed by atoms with Gasteiger partial charge in [0.2, 0.25) is 0 Å². The second kappa shape index (κ2) is 13.3. The molecule has 4 nitrogen and oxygen atoms in total. The summed E-state index contributed by atoms with van der Waals surface area (Å²) in [6, 6.07) is 17.5. The number of fused-ring (bicyclic) bond motifs is 7. The number of hydrogen-bond donors (Lipinski definition) is 0. The van der Waals surface area contributed by atoms with Gasteiger partial charge in [0.15, 0.2) is 11.8 Å². The summed E-state index contributed by atoms with van der Waals surface area (Å²) < 4.78 is 178. The molecule has 0 spiro atoms. The zero-order valence-electron chi connectivity index (χ0n) is 28.6. The summed E-state index contributed by atoms with van der Waals surface area (Å²) in [5, 5.41) is 41.5. The van der Waals surface area contributed by atoms with Gasteiger partial charge in [-0.05, 0) is 101 Å². The Morgan fingerprint density at radius 1 is 0.397 bits per heavy atom. The SMILES string of the molecule is N#CC(C#N)c1c2c(c(-c3cccc(C(F)(F)F)c3C(F)(F)F)c(-c3cccc(C(F)(F)F)c3C(F)(F)F)c1C(C#N)C#N)-c1ccc3c(c1=C2)=Cc1ccccc1-3. The van der Waals surface area contributed by atoms with Crippen molar-refractivity contribution in [1.29, 1.82) is 21.0 Å². The standard InChI is InChI=1S/C42H16F12N4/c43-39(44,45)30-9-3-7-25(37(30)41(49,50)51)35-33(21(17-57)18-58)32(20(15-55)16-56)29-14-28-24(12-11-23-22-6-2-1-5-19(22)13-27(23)28)34(29)36(35)26-8-4-10-31(40(46,47)48)38(26)42(52,53)54/h1-14,20-21H. The van der Waals surface area contributed by atoms with Crippen LogP contribution >= 0.6 is 0 Å². The average Bonchev–Trinajstić information content (AvgIpc) is 3.73. The third kappa shape index (κ3) is 6.00. The zero-order valence-corrected chi connectivity index (χ0v) is 28.6. The molecule has 0 aromatic heterocycles. The predicted octanol–water partition coefficient (Wildman–Crippen LogP) is 11.0. The summed E-state index contributed by atoms with van der Waals surface area (Å²) in [4.78, 5) is 0. The zero-order chi connectivity index (χ0) is 42.3. The summed E-state index contributed by atoms with van der Waals surface area (Å²) in [6.45, 7) is 0. The largest absolute Gasteiger partial charge is 0.417 e. The molecule has 5 aromatic rings. The Morgan fingerprint density at radius 3 is 1.34 bits per heavy atom. The van der Waals surface area contributed by atoms with E-state index < -0.39 is 103 Å². The summed E-state index contributed by atoms with van der Waals surface area (Å²) in [5.41, 5.74) is -16.3. The Balaban J connectivity index is 1.87. The van der Waals surface area contributed by atoms with E-state index in [1.54, 1.807) is 42.5 Å². The van der Waals surface area contributed by atoms with Crippen LogP contribution in [0.15, 0.2) is 72.8 Å². The van der Waals surface area contributed by atoms with E-state index in [0.717, 1.165) is 0 Å². The Labute approximate surface area is 318 Å². The van der Waals surface area contributed by atoms with E-state index >= 15 is 26.3 Å². The Morgan fingerprint density at radius 2 is 0.845 bits per heavy atom. The van der Waals surface area contributed by atoms with E-state index in [1.807, 2.05) is 0 Å². The molecule has 0 fully saturated rings. The summed E-state index contributed by atoms with van der Waals surface area (Å²) in [7, 11) is 0. The van der Waals surface area contributed by atoms with Crippen molar-refractivity contribution in [3.05, 3.63) is 128 Å². The summed E-state index contributed by atoms with van der Waals surface area (Å²) in [5.74, 6) is -4.57. The van der Waals surface area contributed by atoms with Gasteiger partial charge < -0.3 is 0 Å². The van der Waals surface area contributed by atoms with E-state index in [1.165, 1.54) is 30.3 Å². The molecule has 0 saturated carbocycles. The van der Waals surface area contributed by atoms with E-state index in [-0.39, 0.29) is 22.9 Å². The van der Waals surface area contributed by atoms with Gasteiger partial charge in [-0.1, -0.05) is 60.7 Å². The number of rotatable bonds is 4. The van der Waals surface area contributed by atoms with Gasteiger partial charge in [-0.3, -0.25) is 0 Å². The molecule has 2 aliphatic rings. The van der Waals surface area contributed by atoms with Crippen molar-refractivity contribution in [1.82, 2.24) is 0 Å². The lowest BCUT2D eigenvalue weighted by Crippen LogP contribution is -2.25. The molecule has 0 radical (unpaired) electrons. The number of halogens is 12. The maximum atomic E-state index is 15.2. The molecule has 0 atom stereocenters. The van der Waals surface area contributed by atoms with Crippen molar-refractivity contribution in [3.63, 3.8) is 0 Å². The first-order valence-corrected chi connectivity index (χ1v) is 16.5. The molecule has 0 bridgehead atoms. The Bertz CT molecular complexity index is 2880. The van der Waals surface area contributed by atoms with Gasteiger partial charge in [0.05, 0.1) is 46.5 Å². The molecular weight excluding hydrogens is 788 g/mol. The molecule has 2 aliphatic carbocycles. The topological polar surface area (TPSA) is 95.2 Å². The first-order valence-electron chi connectivity index (χ1n) is 16.5. The van der Waals surface area contributed by atoms with Crippen molar-refractivity contribution in [2.45, 2.75) is 36.5 Å². The lowest BCUT2D eigenvalue weighted by molar-refractivity contribution is -0.161. The Kier molecular flexibility index (Phi) is 8.98. The first-order chi connectivity index (χ1) is 27.2. The molecule has 0 amide bonds. The normalized spacial score (nSPS) is 13.0. The highest BCUT2D eigenvalue weighted by atomic mass is 19.4. The van der Waals surface area contributed by atoms with Crippen molar-refractivity contribution < 1.29 is 52.7 Å². The highest BCUT2D eigenvalue weighted by Gasteiger charge is 2.49. The first kappa shape index (κ1) is 39.2. The molecule has 0 aliphatic heterocycles. The average molecular weight is 805 g/mol. The molecule has 0 saturated heterocycles. The molecule has 5 aromatic carbocycles. The second-order valence-electron chi connectivity index (χ2n) is 13.1. The third-order valence-electron chi connectivity index (χ3n) is 9.95. The number of nitriles is 4. The maximum Gasteiger partial charge on any atom is 0.417 e. The minimum absolute atomic E-state index is 0.0185. The van der Waals surface area contributed by atoms with Gasteiger partial charge in [0.1, 0.15) is 0 Å². The molecular formula is C42H16F12N4. The van der Waals surface area contributed by atoms with Crippen molar-refractivity contribution >= 4 is 12.2 Å². The third-order valence-corrected chi connectivity index (χ3v) is 9.95. The number of nitrogens with zero attached hydrogens (tertiary/aromatic N) is 4. The number of alkyl halides is 12. The van der Waals surface area contributed by atoms with Crippen LogP contribution < -0.4 is 10.4 Å². The molecule has 0 heterocycles. The fraction of sp³-hybridized carbons (Fsp3) is 0.143. The van der Waals surface area contributed by atoms with Crippen LogP contribution in [0.1, 0.15) is 56.3 Å². The summed E-state index contributed by atoms with van der Waals surface area (Å²) >= 11 is 0. The molecule has 16 heteroatoms. The van der Waals surface area contributed by atoms with Crippen molar-refractivity contribution in [3.8, 4) is 68.8 Å². The number of hydrogen-bond acceptors (Lipinski definition) is 4. The monoisotopic (exact) mass is 804 g/mol. The van der Waals surface area contributed by atoms with Gasteiger partial charge in [-0.2, -0.15) is 73.7 Å². The van der Waals surface area contributed by atoms with Gasteiger partial charge in [0.25, 0.3) is 0 Å². The molecule has 0 N–H and O–H groups in total. The minimum Gasteiger partial charge on any atom is -0.196 e. The minimum atomic E-state index is -6.00. The van der Waals surface area contributed by atoms with Crippen molar-refractivity contribution in [2.75, 3.05) is 0 Å². The van der Waals surface area contributed by atoms with Crippen LogP contribution in [0.5, 0.6) is 0 Å². The highest BCUT2D eigenvalue weighted by molar-refractivity contribution is 6.06. The van der Waals surface area contributed by atoms with Gasteiger partial charge >= 0.3 is 24.7 Å². The van der Waals surface area contributed by atoms with Crippen LogP contribution in [0.25, 0.3) is 56.7 Å². The van der Waals surface area contributed by atoms with Crippen LogP contribution in [0.4, 0.5) is 52.7 Å². The molecule has 7 rings (SSSR count). The fourth-order valence-corrected chi connectivity index (χ4v) is 7.89. The van der Waals surface area contributed by atoms with Crippen LogP contribution in [-0.2, 0) is 24.7 Å². The van der Waals surface area contributed by atoms with Gasteiger partial charge in [0, 0.05) is 0 Å². The fourth-order valence-electron chi connectivity index (χ4n) is 7.89. The van der Waals surface area contributed by atoms with Crippen LogP contribution in [0.2, 0.25) is 0 Å². The number of benzene rings is 5. The summed E-state index contributed by atoms with van der Waals surface area (Å²) in [6.07, 6.45) is -20.7. The smallest absolute Gasteiger partial charge is 0.196 e. The van der Waals surface area contributed by atoms with Gasteiger partial charge in [-0.25, -0.2) is 0 Å². The lowest BCUT2D eigenvalue weighted by Gasteiger charge is -2.29. The lowest BCUT2D eigenvalue weighted by atomic mass is 9.73. The molecule has 288 valence electrons. The van der Waals surface area contributed by atoms with E-state index in [2.05, 4.69) is 0 Å². The Hall–Kier alpha value is -7.04. The van der Waals surface area contributed by atoms with Crippen LogP contribution in [0, 0.1) is 45.3 Å². The van der Waals surface area contributed by atoms with Crippen molar-refractivity contribution in [2.24, 2.45) is 0 Å². The van der Waals surface area contributed by atoms with Gasteiger partial charge in [-0.15, -0.1) is 0 Å². The molecule has 0 unspecified atom stereocenters. The van der Waals surface area contributed by atoms with E-state index in [4.69, 9.17) is 0 Å². The second-order valence-corrected chi connectivity index (χ2v) is 13.1. The van der Waals surface area contributed by atoms with Crippen LogP contribution in [-0.4, -0.2) is 0 Å². The maximum absolute atomic E-state index is 15.2. The van der Waals surface area contributed by atoms with E-state index in [9.17, 15) is 47.4 Å².